The Labute approximate surface area is 122 Å². The molecular weight excluding hydrogens is 290 g/mol. The van der Waals surface area contributed by atoms with E-state index in [0.29, 0.717) is 13.0 Å². The molecule has 0 atom stereocenters. The lowest BCUT2D eigenvalue weighted by atomic mass is 10.1. The fraction of sp³-hybridized carbons (Fsp3) is 0.267. The molecule has 0 unspecified atom stereocenters. The standard InChI is InChI=1S/C15H15NO4S/c1-11-16(7-4-8-21(17,18)19)14-9-12-5-2-3-6-13(12)10-15(14)20-11/h2-3,5-6,9-10H,4,7-8H2,1H3/p+1. The fourth-order valence-corrected chi connectivity index (χ4v) is 3.06. The van der Waals surface area contributed by atoms with Gasteiger partial charge in [-0.15, -0.1) is 0 Å². The maximum Gasteiger partial charge on any atom is 0.344 e. The van der Waals surface area contributed by atoms with Crippen LogP contribution in [-0.2, 0) is 16.7 Å². The average molecular weight is 306 g/mol. The van der Waals surface area contributed by atoms with Crippen molar-refractivity contribution in [1.29, 1.82) is 0 Å². The molecule has 6 heteroatoms. The number of aromatic nitrogens is 1. The predicted molar refractivity (Wildman–Crippen MR) is 79.7 cm³/mol. The van der Waals surface area contributed by atoms with Gasteiger partial charge in [0.25, 0.3) is 15.6 Å². The molecule has 1 aromatic heterocycles. The second kappa shape index (κ2) is 5.13. The first-order valence-corrected chi connectivity index (χ1v) is 8.32. The highest BCUT2D eigenvalue weighted by Crippen LogP contribution is 2.22. The molecule has 0 saturated carbocycles. The molecule has 3 aromatic rings. The lowest BCUT2D eigenvalue weighted by molar-refractivity contribution is -0.682. The van der Waals surface area contributed by atoms with Crippen molar-refractivity contribution >= 4 is 32.0 Å². The van der Waals surface area contributed by atoms with E-state index in [9.17, 15) is 8.42 Å². The summed E-state index contributed by atoms with van der Waals surface area (Å²) >= 11 is 0. The van der Waals surface area contributed by atoms with Crippen molar-refractivity contribution in [3.63, 3.8) is 0 Å². The third-order valence-electron chi connectivity index (χ3n) is 3.54. The number of oxazole rings is 1. The van der Waals surface area contributed by atoms with E-state index in [4.69, 9.17) is 8.97 Å². The van der Waals surface area contributed by atoms with Gasteiger partial charge >= 0.3 is 5.89 Å². The molecule has 21 heavy (non-hydrogen) atoms. The highest BCUT2D eigenvalue weighted by molar-refractivity contribution is 7.85. The monoisotopic (exact) mass is 306 g/mol. The number of benzene rings is 2. The summed E-state index contributed by atoms with van der Waals surface area (Å²) in [5.74, 6) is 0.468. The van der Waals surface area contributed by atoms with Gasteiger partial charge in [-0.25, -0.2) is 0 Å². The molecule has 3 rings (SSSR count). The number of aryl methyl sites for hydroxylation is 2. The second-order valence-corrected chi connectivity index (χ2v) is 6.65. The minimum Gasteiger partial charge on any atom is -0.402 e. The van der Waals surface area contributed by atoms with E-state index in [2.05, 4.69) is 0 Å². The third kappa shape index (κ3) is 2.91. The van der Waals surface area contributed by atoms with Crippen molar-refractivity contribution in [3.8, 4) is 0 Å². The lowest BCUT2D eigenvalue weighted by Gasteiger charge is -1.97. The van der Waals surface area contributed by atoms with Crippen molar-refractivity contribution in [3.05, 3.63) is 42.3 Å². The Morgan fingerprint density at radius 1 is 1.19 bits per heavy atom. The highest BCUT2D eigenvalue weighted by Gasteiger charge is 2.20. The van der Waals surface area contributed by atoms with Gasteiger partial charge in [0.1, 0.15) is 0 Å². The predicted octanol–water partition coefficient (Wildman–Crippen LogP) is 2.46. The molecule has 2 aromatic carbocycles. The maximum atomic E-state index is 10.8. The zero-order chi connectivity index (χ0) is 15.0. The smallest absolute Gasteiger partial charge is 0.344 e. The largest absolute Gasteiger partial charge is 0.402 e. The van der Waals surface area contributed by atoms with Gasteiger partial charge in [0.15, 0.2) is 6.54 Å². The molecular formula is C15H16NO4S+. The van der Waals surface area contributed by atoms with E-state index in [0.717, 1.165) is 27.8 Å². The highest BCUT2D eigenvalue weighted by atomic mass is 32.2. The molecule has 110 valence electrons. The normalized spacial score (nSPS) is 12.3. The summed E-state index contributed by atoms with van der Waals surface area (Å²) in [6, 6.07) is 12.0. The van der Waals surface area contributed by atoms with Gasteiger partial charge in [-0.1, -0.05) is 24.3 Å². The van der Waals surface area contributed by atoms with Gasteiger partial charge in [-0.3, -0.25) is 4.55 Å². The molecule has 0 aliphatic carbocycles. The van der Waals surface area contributed by atoms with E-state index in [-0.39, 0.29) is 5.75 Å². The minimum absolute atomic E-state index is 0.250. The van der Waals surface area contributed by atoms with Crippen molar-refractivity contribution in [2.24, 2.45) is 0 Å². The van der Waals surface area contributed by atoms with Crippen LogP contribution in [0.3, 0.4) is 0 Å². The van der Waals surface area contributed by atoms with Crippen LogP contribution in [0.5, 0.6) is 0 Å². The first kappa shape index (κ1) is 14.0. The fourth-order valence-electron chi connectivity index (χ4n) is 2.57. The van der Waals surface area contributed by atoms with E-state index in [1.807, 2.05) is 47.9 Å². The Kier molecular flexibility index (Phi) is 3.43. The van der Waals surface area contributed by atoms with Gasteiger partial charge in [0, 0.05) is 12.5 Å². The number of hydrogen-bond donors (Lipinski definition) is 1. The molecule has 5 nitrogen and oxygen atoms in total. The Balaban J connectivity index is 2.01. The van der Waals surface area contributed by atoms with Crippen LogP contribution in [0.1, 0.15) is 12.3 Å². The molecule has 0 saturated heterocycles. The van der Waals surface area contributed by atoms with E-state index in [1.165, 1.54) is 0 Å². The molecule has 0 bridgehead atoms. The van der Waals surface area contributed by atoms with Crippen LogP contribution in [0.25, 0.3) is 21.9 Å². The summed E-state index contributed by atoms with van der Waals surface area (Å²) in [4.78, 5) is 0. The van der Waals surface area contributed by atoms with E-state index >= 15 is 0 Å². The zero-order valence-electron chi connectivity index (χ0n) is 11.6. The van der Waals surface area contributed by atoms with Gasteiger partial charge < -0.3 is 4.42 Å². The third-order valence-corrected chi connectivity index (χ3v) is 4.34. The molecule has 0 spiro atoms. The molecule has 0 radical (unpaired) electrons. The average Bonchev–Trinajstić information content (AvgIpc) is 2.70. The topological polar surface area (TPSA) is 71.4 Å². The van der Waals surface area contributed by atoms with Gasteiger partial charge in [0.05, 0.1) is 12.7 Å². The molecule has 0 amide bonds. The summed E-state index contributed by atoms with van der Waals surface area (Å²) in [6.45, 7) is 2.33. The number of rotatable bonds is 4. The quantitative estimate of drug-likeness (QED) is 0.594. The summed E-state index contributed by atoms with van der Waals surface area (Å²) in [7, 11) is -3.92. The van der Waals surface area contributed by atoms with Crippen LogP contribution < -0.4 is 4.57 Å². The lowest BCUT2D eigenvalue weighted by Crippen LogP contribution is -2.36. The van der Waals surface area contributed by atoms with Crippen LogP contribution in [0.2, 0.25) is 0 Å². The molecule has 1 N–H and O–H groups in total. The summed E-state index contributed by atoms with van der Waals surface area (Å²) in [5.41, 5.74) is 1.71. The Bertz CT molecular complexity index is 912. The Hall–Kier alpha value is -1.92. The van der Waals surface area contributed by atoms with Crippen LogP contribution in [0.4, 0.5) is 0 Å². The molecule has 1 heterocycles. The first-order valence-electron chi connectivity index (χ1n) is 6.71. The van der Waals surface area contributed by atoms with Crippen LogP contribution >= 0.6 is 0 Å². The summed E-state index contributed by atoms with van der Waals surface area (Å²) in [5, 5.41) is 2.21. The number of fused-ring (bicyclic) bond motifs is 2. The number of hydrogen-bond acceptors (Lipinski definition) is 3. The van der Waals surface area contributed by atoms with Crippen molar-refractivity contribution < 1.29 is 22.0 Å². The van der Waals surface area contributed by atoms with Crippen LogP contribution in [0.15, 0.2) is 40.8 Å². The maximum absolute atomic E-state index is 10.8. The van der Waals surface area contributed by atoms with Crippen LogP contribution in [-0.4, -0.2) is 18.7 Å². The van der Waals surface area contributed by atoms with Gasteiger partial charge in [0.2, 0.25) is 5.58 Å². The van der Waals surface area contributed by atoms with Crippen molar-refractivity contribution in [2.75, 3.05) is 5.75 Å². The Morgan fingerprint density at radius 2 is 1.86 bits per heavy atom. The SMILES string of the molecule is Cc1oc2cc3ccccc3cc2[n+]1CCCS(=O)(=O)O. The first-order chi connectivity index (χ1) is 9.94. The van der Waals surface area contributed by atoms with E-state index < -0.39 is 10.1 Å². The molecule has 0 aliphatic rings. The summed E-state index contributed by atoms with van der Waals surface area (Å²) < 4.78 is 38.1. The van der Waals surface area contributed by atoms with Crippen LogP contribution in [0, 0.1) is 6.92 Å². The zero-order valence-corrected chi connectivity index (χ0v) is 12.4. The number of nitrogens with zero attached hydrogens (tertiary/aromatic N) is 1. The minimum atomic E-state index is -3.92. The van der Waals surface area contributed by atoms with E-state index in [1.54, 1.807) is 0 Å². The Morgan fingerprint density at radius 3 is 2.52 bits per heavy atom. The second-order valence-electron chi connectivity index (χ2n) is 5.08. The van der Waals surface area contributed by atoms with Gasteiger partial charge in [-0.05, 0) is 16.8 Å². The summed E-state index contributed by atoms with van der Waals surface area (Å²) in [6.07, 6.45) is 0.339. The van der Waals surface area contributed by atoms with Crippen molar-refractivity contribution in [1.82, 2.24) is 0 Å². The van der Waals surface area contributed by atoms with Gasteiger partial charge in [-0.2, -0.15) is 13.0 Å². The molecule has 0 aliphatic heterocycles. The van der Waals surface area contributed by atoms with Crippen molar-refractivity contribution in [2.45, 2.75) is 19.9 Å². The molecule has 0 fully saturated rings.